The number of hydrogen-bond donors (Lipinski definition) is 3. The highest BCUT2D eigenvalue weighted by molar-refractivity contribution is 5.69. The summed E-state index contributed by atoms with van der Waals surface area (Å²) in [6, 6.07) is 3.20. The van der Waals surface area contributed by atoms with Crippen molar-refractivity contribution in [2.24, 2.45) is 0 Å². The van der Waals surface area contributed by atoms with Gasteiger partial charge in [-0.05, 0) is 55.1 Å². The zero-order valence-electron chi connectivity index (χ0n) is 20.5. The number of phenols is 2. The number of rotatable bonds is 15. The third-order valence-electron chi connectivity index (χ3n) is 6.21. The minimum Gasteiger partial charge on any atom is -0.508 e. The van der Waals surface area contributed by atoms with Gasteiger partial charge in [0.15, 0.2) is 0 Å². The van der Waals surface area contributed by atoms with Crippen LogP contribution in [-0.4, -0.2) is 33.9 Å². The molecule has 3 N–H and O–H groups in total. The molecule has 1 aromatic carbocycles. The quantitative estimate of drug-likeness (QED) is 0.167. The van der Waals surface area contributed by atoms with Gasteiger partial charge in [-0.3, -0.25) is 9.59 Å². The van der Waals surface area contributed by atoms with Crippen molar-refractivity contribution in [1.29, 1.82) is 0 Å². The van der Waals surface area contributed by atoms with E-state index in [0.29, 0.717) is 49.8 Å². The zero-order chi connectivity index (χ0) is 24.4. The van der Waals surface area contributed by atoms with Gasteiger partial charge in [0.05, 0.1) is 6.61 Å². The molecule has 0 amide bonds. The summed E-state index contributed by atoms with van der Waals surface area (Å²) < 4.78 is 5.29. The van der Waals surface area contributed by atoms with Gasteiger partial charge >= 0.3 is 11.9 Å². The van der Waals surface area contributed by atoms with E-state index in [-0.39, 0.29) is 23.9 Å². The second kappa shape index (κ2) is 12.7. The molecule has 0 heterocycles. The molecule has 0 fully saturated rings. The molecule has 0 bridgehead atoms. The van der Waals surface area contributed by atoms with E-state index < -0.39 is 16.8 Å². The molecule has 0 aliphatic heterocycles. The predicted octanol–water partition coefficient (Wildman–Crippen LogP) is 6.20. The number of carbonyl (C=O) groups excluding carboxylic acids is 1. The van der Waals surface area contributed by atoms with Crippen molar-refractivity contribution in [1.82, 2.24) is 0 Å². The van der Waals surface area contributed by atoms with Crippen LogP contribution in [0.15, 0.2) is 12.1 Å². The number of unbranched alkanes of at least 4 members (excludes halogenated alkanes) is 3. The second-order valence-electron chi connectivity index (χ2n) is 10.0. The van der Waals surface area contributed by atoms with Crippen molar-refractivity contribution in [3.8, 4) is 11.5 Å². The van der Waals surface area contributed by atoms with Crippen molar-refractivity contribution >= 4 is 11.9 Å². The molecule has 6 heteroatoms. The van der Waals surface area contributed by atoms with E-state index in [0.717, 1.165) is 25.7 Å². The Labute approximate surface area is 193 Å². The Hall–Kier alpha value is -2.24. The minimum atomic E-state index is -0.842. The summed E-state index contributed by atoms with van der Waals surface area (Å²) in [5, 5.41) is 30.3. The van der Waals surface area contributed by atoms with E-state index in [9.17, 15) is 19.8 Å². The lowest BCUT2D eigenvalue weighted by Gasteiger charge is -2.30. The summed E-state index contributed by atoms with van der Waals surface area (Å²) in [6.07, 6.45) is 7.04. The first-order valence-electron chi connectivity index (χ1n) is 11.8. The molecule has 0 unspecified atom stereocenters. The Balaban J connectivity index is 2.71. The highest BCUT2D eigenvalue weighted by Gasteiger charge is 2.30. The van der Waals surface area contributed by atoms with Crippen molar-refractivity contribution in [2.45, 2.75) is 110 Å². The Kier molecular flexibility index (Phi) is 11.0. The highest BCUT2D eigenvalue weighted by Crippen LogP contribution is 2.43. The average Bonchev–Trinajstić information content (AvgIpc) is 2.68. The molecular formula is C26H42O6. The number of aliphatic carboxylic acids is 1. The van der Waals surface area contributed by atoms with Crippen LogP contribution in [-0.2, 0) is 25.2 Å². The molecule has 0 saturated carbocycles. The Morgan fingerprint density at radius 1 is 0.812 bits per heavy atom. The molecule has 0 spiro atoms. The first-order chi connectivity index (χ1) is 14.9. The van der Waals surface area contributed by atoms with E-state index in [1.807, 2.05) is 27.7 Å². The van der Waals surface area contributed by atoms with Crippen molar-refractivity contribution in [3.05, 3.63) is 23.3 Å². The van der Waals surface area contributed by atoms with Crippen LogP contribution in [0.5, 0.6) is 11.5 Å². The molecular weight excluding hydrogens is 408 g/mol. The summed E-state index contributed by atoms with van der Waals surface area (Å²) in [4.78, 5) is 22.8. The third-order valence-corrected chi connectivity index (χ3v) is 6.21. The largest absolute Gasteiger partial charge is 0.508 e. The normalized spacial score (nSPS) is 12.0. The van der Waals surface area contributed by atoms with Gasteiger partial charge in [-0.15, -0.1) is 0 Å². The van der Waals surface area contributed by atoms with Gasteiger partial charge in [0.25, 0.3) is 0 Å². The fourth-order valence-corrected chi connectivity index (χ4v) is 4.07. The third kappa shape index (κ3) is 9.09. The number of hydrogen-bond acceptors (Lipinski definition) is 5. The van der Waals surface area contributed by atoms with E-state index >= 15 is 0 Å². The monoisotopic (exact) mass is 450 g/mol. The van der Waals surface area contributed by atoms with E-state index in [1.165, 1.54) is 0 Å². The van der Waals surface area contributed by atoms with Crippen LogP contribution in [0.25, 0.3) is 0 Å². The van der Waals surface area contributed by atoms with Crippen LogP contribution in [0.3, 0.4) is 0 Å². The molecule has 0 aliphatic rings. The predicted molar refractivity (Wildman–Crippen MR) is 126 cm³/mol. The number of carbonyl (C=O) groups is 2. The van der Waals surface area contributed by atoms with E-state index in [4.69, 9.17) is 9.84 Å². The van der Waals surface area contributed by atoms with Crippen LogP contribution in [0, 0.1) is 0 Å². The number of benzene rings is 1. The zero-order valence-corrected chi connectivity index (χ0v) is 20.5. The molecule has 1 aromatic rings. The number of ether oxygens (including phenoxy) is 1. The van der Waals surface area contributed by atoms with Crippen molar-refractivity contribution in [3.63, 3.8) is 0 Å². The lowest BCUT2D eigenvalue weighted by atomic mass is 9.75. The molecule has 6 nitrogen and oxygen atoms in total. The van der Waals surface area contributed by atoms with Crippen molar-refractivity contribution < 1.29 is 29.6 Å². The molecule has 32 heavy (non-hydrogen) atoms. The standard InChI is InChI=1S/C26H42O6/c1-6-7-8-9-16-32-24(31)13-11-15-26(4,5)20-18-21(27)19(17-22(20)28)25(2,3)14-10-12-23(29)30/h17-18,27-28H,6-16H2,1-5H3,(H,29,30). The Morgan fingerprint density at radius 3 is 1.78 bits per heavy atom. The summed E-state index contributed by atoms with van der Waals surface area (Å²) in [6.45, 7) is 10.4. The molecule has 0 radical (unpaired) electrons. The van der Waals surface area contributed by atoms with Gasteiger partial charge in [0.1, 0.15) is 11.5 Å². The number of carboxylic acid groups (broad SMARTS) is 1. The van der Waals surface area contributed by atoms with Crippen LogP contribution in [0.4, 0.5) is 0 Å². The number of esters is 1. The smallest absolute Gasteiger partial charge is 0.305 e. The molecule has 1 rings (SSSR count). The molecule has 0 saturated heterocycles. The van der Waals surface area contributed by atoms with E-state index in [1.54, 1.807) is 12.1 Å². The maximum atomic E-state index is 12.0. The average molecular weight is 451 g/mol. The molecule has 0 aromatic heterocycles. The lowest BCUT2D eigenvalue weighted by Crippen LogP contribution is -2.21. The van der Waals surface area contributed by atoms with Crippen LogP contribution in [0.1, 0.15) is 110 Å². The van der Waals surface area contributed by atoms with Crippen LogP contribution >= 0.6 is 0 Å². The first-order valence-corrected chi connectivity index (χ1v) is 11.8. The van der Waals surface area contributed by atoms with Gasteiger partial charge in [-0.25, -0.2) is 0 Å². The van der Waals surface area contributed by atoms with Crippen LogP contribution in [0.2, 0.25) is 0 Å². The molecule has 0 aliphatic carbocycles. The highest BCUT2D eigenvalue weighted by atomic mass is 16.5. The van der Waals surface area contributed by atoms with Gasteiger partial charge < -0.3 is 20.1 Å². The van der Waals surface area contributed by atoms with Gasteiger partial charge in [-0.2, -0.15) is 0 Å². The number of carboxylic acids is 1. The van der Waals surface area contributed by atoms with Gasteiger partial charge in [-0.1, -0.05) is 53.9 Å². The van der Waals surface area contributed by atoms with Gasteiger partial charge in [0.2, 0.25) is 0 Å². The van der Waals surface area contributed by atoms with E-state index in [2.05, 4.69) is 6.92 Å². The second-order valence-corrected chi connectivity index (χ2v) is 10.0. The Bertz CT molecular complexity index is 751. The SMILES string of the molecule is CCCCCCOC(=O)CCCC(C)(C)c1cc(O)c(C(C)(C)CCCC(=O)O)cc1O. The summed E-state index contributed by atoms with van der Waals surface area (Å²) in [7, 11) is 0. The van der Waals surface area contributed by atoms with Gasteiger partial charge in [0, 0.05) is 24.0 Å². The number of phenolic OH excluding ortho intramolecular Hbond substituents is 2. The van der Waals surface area contributed by atoms with Crippen molar-refractivity contribution in [2.75, 3.05) is 6.61 Å². The summed E-state index contributed by atoms with van der Waals surface area (Å²) in [5.74, 6) is -0.835. The first kappa shape index (κ1) is 27.8. The maximum Gasteiger partial charge on any atom is 0.305 e. The Morgan fingerprint density at radius 2 is 1.31 bits per heavy atom. The fraction of sp³-hybridized carbons (Fsp3) is 0.692. The maximum absolute atomic E-state index is 12.0. The lowest BCUT2D eigenvalue weighted by molar-refractivity contribution is -0.144. The van der Waals surface area contributed by atoms with Crippen LogP contribution < -0.4 is 0 Å². The summed E-state index contributed by atoms with van der Waals surface area (Å²) in [5.41, 5.74) is 0.329. The fourth-order valence-electron chi connectivity index (χ4n) is 4.07. The summed E-state index contributed by atoms with van der Waals surface area (Å²) >= 11 is 0. The number of aromatic hydroxyl groups is 2. The molecule has 0 atom stereocenters. The topological polar surface area (TPSA) is 104 Å². The minimum absolute atomic E-state index is 0.0719. The molecule has 182 valence electrons.